The highest BCUT2D eigenvalue weighted by molar-refractivity contribution is 5.43. The van der Waals surface area contributed by atoms with E-state index in [1.807, 2.05) is 31.5 Å². The summed E-state index contributed by atoms with van der Waals surface area (Å²) in [6.07, 6.45) is 0.955. The summed E-state index contributed by atoms with van der Waals surface area (Å²) < 4.78 is 1.86. The maximum Gasteiger partial charge on any atom is 0.159 e. The van der Waals surface area contributed by atoms with Crippen molar-refractivity contribution in [3.05, 3.63) is 39.8 Å². The van der Waals surface area contributed by atoms with Crippen molar-refractivity contribution in [2.24, 2.45) is 0 Å². The van der Waals surface area contributed by atoms with Gasteiger partial charge in [-0.1, -0.05) is 6.92 Å². The molecule has 0 radical (unpaired) electrons. The lowest BCUT2D eigenvalue weighted by Gasteiger charge is -2.12. The van der Waals surface area contributed by atoms with Crippen LogP contribution < -0.4 is 0 Å². The molecular formula is C15H21N3O. The fourth-order valence-corrected chi connectivity index (χ4v) is 2.61. The van der Waals surface area contributed by atoms with Gasteiger partial charge in [0.15, 0.2) is 5.82 Å². The average molecular weight is 259 g/mol. The van der Waals surface area contributed by atoms with Gasteiger partial charge in [0.05, 0.1) is 12.3 Å². The van der Waals surface area contributed by atoms with Crippen LogP contribution in [0.15, 0.2) is 6.07 Å². The van der Waals surface area contributed by atoms with Gasteiger partial charge in [0.25, 0.3) is 0 Å². The summed E-state index contributed by atoms with van der Waals surface area (Å²) >= 11 is 0. The number of hydrogen-bond donors (Lipinski definition) is 1. The summed E-state index contributed by atoms with van der Waals surface area (Å²) in [5.41, 5.74) is 6.23. The number of aromatic nitrogens is 3. The normalized spacial score (nSPS) is 11.1. The molecule has 0 unspecified atom stereocenters. The predicted molar refractivity (Wildman–Crippen MR) is 75.6 cm³/mol. The lowest BCUT2D eigenvalue weighted by Crippen LogP contribution is -2.09. The molecule has 0 spiro atoms. The number of rotatable bonds is 3. The molecule has 0 aromatic carbocycles. The molecule has 0 saturated heterocycles. The Hall–Kier alpha value is -1.68. The number of pyridine rings is 1. The maximum atomic E-state index is 9.59. The van der Waals surface area contributed by atoms with Crippen molar-refractivity contribution in [2.45, 2.75) is 47.6 Å². The molecule has 0 fully saturated rings. The largest absolute Gasteiger partial charge is 0.392 e. The lowest BCUT2D eigenvalue weighted by molar-refractivity contribution is 0.280. The second-order valence-electron chi connectivity index (χ2n) is 4.96. The monoisotopic (exact) mass is 259 g/mol. The summed E-state index contributed by atoms with van der Waals surface area (Å²) in [6, 6.07) is 1.99. The second-order valence-corrected chi connectivity index (χ2v) is 4.96. The Labute approximate surface area is 114 Å². The molecule has 0 aliphatic heterocycles. The summed E-state index contributed by atoms with van der Waals surface area (Å²) in [7, 11) is 0. The molecule has 0 amide bonds. The van der Waals surface area contributed by atoms with E-state index in [9.17, 15) is 5.11 Å². The molecule has 102 valence electrons. The molecule has 2 aromatic rings. The topological polar surface area (TPSA) is 50.9 Å². The molecule has 1 N–H and O–H groups in total. The van der Waals surface area contributed by atoms with Crippen LogP contribution in [0.25, 0.3) is 5.82 Å². The van der Waals surface area contributed by atoms with Crippen LogP contribution in [0, 0.1) is 27.7 Å². The number of hydrogen-bond acceptors (Lipinski definition) is 3. The highest BCUT2D eigenvalue weighted by atomic mass is 16.3. The highest BCUT2D eigenvalue weighted by Gasteiger charge is 2.16. The van der Waals surface area contributed by atoms with Crippen LogP contribution in [0.5, 0.6) is 0 Å². The van der Waals surface area contributed by atoms with Gasteiger partial charge in [-0.25, -0.2) is 9.67 Å². The Morgan fingerprint density at radius 2 is 1.84 bits per heavy atom. The molecule has 0 atom stereocenters. The first kappa shape index (κ1) is 13.7. The zero-order valence-electron chi connectivity index (χ0n) is 12.3. The van der Waals surface area contributed by atoms with Crippen LogP contribution in [0.3, 0.4) is 0 Å². The Kier molecular flexibility index (Phi) is 3.71. The molecule has 0 bridgehead atoms. The van der Waals surface area contributed by atoms with E-state index < -0.39 is 0 Å². The van der Waals surface area contributed by atoms with E-state index in [1.54, 1.807) is 0 Å². The van der Waals surface area contributed by atoms with Gasteiger partial charge in [-0.05, 0) is 51.3 Å². The number of aryl methyl sites for hydroxylation is 3. The van der Waals surface area contributed by atoms with Crippen LogP contribution in [-0.4, -0.2) is 19.9 Å². The molecule has 0 aliphatic rings. The highest BCUT2D eigenvalue weighted by Crippen LogP contribution is 2.22. The van der Waals surface area contributed by atoms with Gasteiger partial charge in [-0.3, -0.25) is 0 Å². The zero-order valence-corrected chi connectivity index (χ0v) is 12.3. The molecule has 2 heterocycles. The molecule has 0 saturated carbocycles. The van der Waals surface area contributed by atoms with Crippen molar-refractivity contribution in [3.8, 4) is 5.82 Å². The fourth-order valence-electron chi connectivity index (χ4n) is 2.61. The summed E-state index contributed by atoms with van der Waals surface area (Å²) in [4.78, 5) is 4.57. The van der Waals surface area contributed by atoms with Gasteiger partial charge in [-0.15, -0.1) is 0 Å². The minimum absolute atomic E-state index is 0.0196. The van der Waals surface area contributed by atoms with Crippen molar-refractivity contribution < 1.29 is 5.11 Å². The molecule has 19 heavy (non-hydrogen) atoms. The van der Waals surface area contributed by atoms with E-state index in [4.69, 9.17) is 0 Å². The van der Waals surface area contributed by atoms with Crippen LogP contribution in [0.2, 0.25) is 0 Å². The van der Waals surface area contributed by atoms with Crippen molar-refractivity contribution in [1.29, 1.82) is 0 Å². The van der Waals surface area contributed by atoms with Crippen molar-refractivity contribution in [3.63, 3.8) is 0 Å². The Morgan fingerprint density at radius 3 is 2.37 bits per heavy atom. The lowest BCUT2D eigenvalue weighted by atomic mass is 10.1. The van der Waals surface area contributed by atoms with Gasteiger partial charge >= 0.3 is 0 Å². The number of aliphatic hydroxyl groups is 1. The minimum atomic E-state index is -0.0196. The molecule has 2 rings (SSSR count). The minimum Gasteiger partial charge on any atom is -0.392 e. The molecule has 2 aromatic heterocycles. The van der Waals surface area contributed by atoms with Gasteiger partial charge < -0.3 is 5.11 Å². The average Bonchev–Trinajstić information content (AvgIpc) is 2.63. The molecule has 4 heteroatoms. The Morgan fingerprint density at radius 1 is 1.16 bits per heavy atom. The predicted octanol–water partition coefficient (Wildman–Crippen LogP) is 2.56. The number of nitrogens with zero attached hydrogens (tertiary/aromatic N) is 3. The third kappa shape index (κ3) is 2.28. The van der Waals surface area contributed by atoms with E-state index in [1.165, 1.54) is 5.56 Å². The van der Waals surface area contributed by atoms with E-state index in [0.29, 0.717) is 0 Å². The van der Waals surface area contributed by atoms with Gasteiger partial charge in [0.2, 0.25) is 0 Å². The van der Waals surface area contributed by atoms with Crippen molar-refractivity contribution in [2.75, 3.05) is 0 Å². The van der Waals surface area contributed by atoms with Gasteiger partial charge in [-0.2, -0.15) is 5.10 Å². The quantitative estimate of drug-likeness (QED) is 0.921. The summed E-state index contributed by atoms with van der Waals surface area (Å²) in [5, 5.41) is 14.2. The third-order valence-corrected chi connectivity index (χ3v) is 3.61. The van der Waals surface area contributed by atoms with Crippen LogP contribution in [-0.2, 0) is 13.0 Å². The summed E-state index contributed by atoms with van der Waals surface area (Å²) in [6.45, 7) is 10.1. The van der Waals surface area contributed by atoms with Gasteiger partial charge in [0, 0.05) is 17.0 Å². The van der Waals surface area contributed by atoms with Crippen molar-refractivity contribution in [1.82, 2.24) is 14.8 Å². The molecule has 0 aliphatic carbocycles. The van der Waals surface area contributed by atoms with Crippen LogP contribution in [0.4, 0.5) is 0 Å². The van der Waals surface area contributed by atoms with E-state index in [-0.39, 0.29) is 6.61 Å². The number of aliphatic hydroxyl groups excluding tert-OH is 1. The van der Waals surface area contributed by atoms with E-state index in [2.05, 4.69) is 23.9 Å². The van der Waals surface area contributed by atoms with E-state index >= 15 is 0 Å². The molecular weight excluding hydrogens is 238 g/mol. The first-order valence-electron chi connectivity index (χ1n) is 6.63. The SMILES string of the molecule is CCc1c(C)nn(-c2nc(C)cc(C)c2CO)c1C. The second kappa shape index (κ2) is 5.13. The fraction of sp³-hybridized carbons (Fsp3) is 0.467. The zero-order chi connectivity index (χ0) is 14.2. The molecule has 4 nitrogen and oxygen atoms in total. The Balaban J connectivity index is 2.71. The van der Waals surface area contributed by atoms with Gasteiger partial charge in [0.1, 0.15) is 0 Å². The first-order valence-corrected chi connectivity index (χ1v) is 6.63. The van der Waals surface area contributed by atoms with Crippen molar-refractivity contribution >= 4 is 0 Å². The Bertz CT molecular complexity index is 614. The standard InChI is InChI=1S/C15H21N3O/c1-6-13-11(4)17-18(12(13)5)15-14(8-19)9(2)7-10(3)16-15/h7,19H,6,8H2,1-5H3. The smallest absolute Gasteiger partial charge is 0.159 e. The van der Waals surface area contributed by atoms with E-state index in [0.717, 1.165) is 40.4 Å². The summed E-state index contributed by atoms with van der Waals surface area (Å²) in [5.74, 6) is 0.750. The van der Waals surface area contributed by atoms with Crippen LogP contribution in [0.1, 0.15) is 40.7 Å². The maximum absolute atomic E-state index is 9.59. The first-order chi connectivity index (χ1) is 8.99. The third-order valence-electron chi connectivity index (χ3n) is 3.61. The van der Waals surface area contributed by atoms with Crippen LogP contribution >= 0.6 is 0 Å².